The quantitative estimate of drug-likeness (QED) is 0.464. The monoisotopic (exact) mass is 328 g/mol. The van der Waals surface area contributed by atoms with Gasteiger partial charge in [-0.25, -0.2) is 0 Å². The summed E-state index contributed by atoms with van der Waals surface area (Å²) in [6.07, 6.45) is 7.93. The summed E-state index contributed by atoms with van der Waals surface area (Å²) in [7, 11) is 0. The lowest BCUT2D eigenvalue weighted by Crippen LogP contribution is -2.43. The zero-order chi connectivity index (χ0) is 17.9. The van der Waals surface area contributed by atoms with Crippen LogP contribution in [0.5, 0.6) is 0 Å². The lowest BCUT2D eigenvalue weighted by molar-refractivity contribution is -0.164. The van der Waals surface area contributed by atoms with E-state index in [1.54, 1.807) is 0 Å². The number of unbranched alkanes of at least 4 members (excludes halogenated alkanes) is 2. The number of carbonyl (C=O) groups excluding carboxylic acids is 1. The van der Waals surface area contributed by atoms with E-state index in [9.17, 15) is 9.90 Å². The number of ether oxygens (including phenoxy) is 1. The number of hydrogen-bond acceptors (Lipinski definition) is 3. The van der Waals surface area contributed by atoms with Gasteiger partial charge in [-0.1, -0.05) is 66.2 Å². The third-order valence-electron chi connectivity index (χ3n) is 5.16. The first kappa shape index (κ1) is 22.4. The molecule has 3 heteroatoms. The second kappa shape index (κ2) is 11.9. The van der Waals surface area contributed by atoms with Crippen LogP contribution in [0.15, 0.2) is 0 Å². The predicted molar refractivity (Wildman–Crippen MR) is 97.4 cm³/mol. The summed E-state index contributed by atoms with van der Waals surface area (Å²) in [6, 6.07) is 0. The molecule has 138 valence electrons. The van der Waals surface area contributed by atoms with Crippen molar-refractivity contribution in [1.82, 2.24) is 0 Å². The van der Waals surface area contributed by atoms with Gasteiger partial charge in [-0.05, 0) is 38.5 Å². The van der Waals surface area contributed by atoms with Crippen molar-refractivity contribution in [2.45, 2.75) is 99.0 Å². The molecule has 0 aliphatic heterocycles. The highest BCUT2D eigenvalue weighted by Crippen LogP contribution is 2.32. The molecule has 0 spiro atoms. The smallest absolute Gasteiger partial charge is 0.314 e. The third-order valence-corrected chi connectivity index (χ3v) is 5.16. The predicted octanol–water partition coefficient (Wildman–Crippen LogP) is 5.35. The lowest BCUT2D eigenvalue weighted by atomic mass is 9.76. The van der Waals surface area contributed by atoms with Crippen molar-refractivity contribution in [3.63, 3.8) is 0 Å². The Morgan fingerprint density at radius 2 is 1.57 bits per heavy atom. The average molecular weight is 329 g/mol. The van der Waals surface area contributed by atoms with Gasteiger partial charge < -0.3 is 9.84 Å². The van der Waals surface area contributed by atoms with Crippen molar-refractivity contribution in [3.8, 4) is 0 Å². The average Bonchev–Trinajstić information content (AvgIpc) is 2.55. The van der Waals surface area contributed by atoms with E-state index in [0.29, 0.717) is 12.5 Å². The standard InChI is InChI=1S/C20H40O3/c1-7-11-13-16(9-3)15-23-19(22)20(5,6)18(21)17(10-4)14-12-8-2/h16-18,21H,7-15H2,1-6H3. The van der Waals surface area contributed by atoms with Crippen molar-refractivity contribution in [2.24, 2.45) is 17.3 Å². The maximum Gasteiger partial charge on any atom is 0.314 e. The first-order valence-electron chi connectivity index (χ1n) is 9.70. The summed E-state index contributed by atoms with van der Waals surface area (Å²) in [6.45, 7) is 12.7. The Morgan fingerprint density at radius 3 is 2.04 bits per heavy atom. The van der Waals surface area contributed by atoms with Gasteiger partial charge in [0.2, 0.25) is 0 Å². The van der Waals surface area contributed by atoms with Crippen LogP contribution in [0.1, 0.15) is 92.9 Å². The van der Waals surface area contributed by atoms with Crippen LogP contribution >= 0.6 is 0 Å². The van der Waals surface area contributed by atoms with Gasteiger partial charge in [0, 0.05) is 0 Å². The maximum absolute atomic E-state index is 12.5. The van der Waals surface area contributed by atoms with Crippen molar-refractivity contribution < 1.29 is 14.6 Å². The Labute approximate surface area is 144 Å². The van der Waals surface area contributed by atoms with Gasteiger partial charge in [0.05, 0.1) is 18.1 Å². The third kappa shape index (κ3) is 7.69. The molecular formula is C20H40O3. The van der Waals surface area contributed by atoms with Crippen molar-refractivity contribution in [1.29, 1.82) is 0 Å². The number of hydrogen-bond donors (Lipinski definition) is 1. The van der Waals surface area contributed by atoms with Gasteiger partial charge in [0.15, 0.2) is 0 Å². The van der Waals surface area contributed by atoms with E-state index in [4.69, 9.17) is 4.74 Å². The largest absolute Gasteiger partial charge is 0.465 e. The van der Waals surface area contributed by atoms with Crippen molar-refractivity contribution >= 4 is 5.97 Å². The topological polar surface area (TPSA) is 46.5 Å². The van der Waals surface area contributed by atoms with Gasteiger partial charge in [-0.2, -0.15) is 0 Å². The Hall–Kier alpha value is -0.570. The van der Waals surface area contributed by atoms with Gasteiger partial charge in [0.1, 0.15) is 0 Å². The normalized spacial score (nSPS) is 16.0. The van der Waals surface area contributed by atoms with Crippen LogP contribution in [0.4, 0.5) is 0 Å². The zero-order valence-corrected chi connectivity index (χ0v) is 16.4. The fraction of sp³-hybridized carbons (Fsp3) is 0.950. The van der Waals surface area contributed by atoms with E-state index in [1.807, 2.05) is 13.8 Å². The maximum atomic E-state index is 12.5. The Morgan fingerprint density at radius 1 is 1.00 bits per heavy atom. The highest BCUT2D eigenvalue weighted by Gasteiger charge is 2.41. The Balaban J connectivity index is 4.61. The molecular weight excluding hydrogens is 288 g/mol. The molecule has 0 aromatic heterocycles. The molecule has 23 heavy (non-hydrogen) atoms. The molecule has 0 saturated heterocycles. The van der Waals surface area contributed by atoms with E-state index in [0.717, 1.165) is 38.5 Å². The summed E-state index contributed by atoms with van der Waals surface area (Å²) in [4.78, 5) is 12.5. The van der Waals surface area contributed by atoms with E-state index in [1.165, 1.54) is 12.8 Å². The SMILES string of the molecule is CCCCC(CC)COC(=O)C(C)(C)C(O)C(CC)CCCC. The molecule has 0 bridgehead atoms. The Kier molecular flexibility index (Phi) is 11.6. The van der Waals surface area contributed by atoms with E-state index in [-0.39, 0.29) is 11.9 Å². The molecule has 0 rings (SSSR count). The molecule has 0 saturated carbocycles. The minimum atomic E-state index is -0.836. The molecule has 0 amide bonds. The summed E-state index contributed by atoms with van der Waals surface area (Å²) < 4.78 is 5.58. The van der Waals surface area contributed by atoms with Crippen LogP contribution in [0.25, 0.3) is 0 Å². The second-order valence-corrected chi connectivity index (χ2v) is 7.49. The molecule has 0 aromatic rings. The van der Waals surface area contributed by atoms with Crippen LogP contribution in [0.3, 0.4) is 0 Å². The number of aliphatic hydroxyl groups is 1. The number of rotatable bonds is 13. The molecule has 3 nitrogen and oxygen atoms in total. The summed E-state index contributed by atoms with van der Waals surface area (Å²) >= 11 is 0. The first-order valence-corrected chi connectivity index (χ1v) is 9.70. The minimum absolute atomic E-state index is 0.166. The van der Waals surface area contributed by atoms with Crippen LogP contribution in [0.2, 0.25) is 0 Å². The lowest BCUT2D eigenvalue weighted by Gasteiger charge is -2.34. The summed E-state index contributed by atoms with van der Waals surface area (Å²) in [5.74, 6) is 0.350. The highest BCUT2D eigenvalue weighted by molar-refractivity contribution is 5.76. The van der Waals surface area contributed by atoms with Crippen LogP contribution in [-0.2, 0) is 9.53 Å². The van der Waals surface area contributed by atoms with Crippen LogP contribution in [0, 0.1) is 17.3 Å². The van der Waals surface area contributed by atoms with Crippen molar-refractivity contribution in [3.05, 3.63) is 0 Å². The van der Waals surface area contributed by atoms with Gasteiger partial charge >= 0.3 is 5.97 Å². The molecule has 0 aromatic carbocycles. The molecule has 0 heterocycles. The van der Waals surface area contributed by atoms with E-state index < -0.39 is 11.5 Å². The Bertz CT molecular complexity index is 312. The molecule has 0 radical (unpaired) electrons. The number of carbonyl (C=O) groups is 1. The highest BCUT2D eigenvalue weighted by atomic mass is 16.5. The van der Waals surface area contributed by atoms with E-state index in [2.05, 4.69) is 27.7 Å². The molecule has 0 aliphatic rings. The fourth-order valence-electron chi connectivity index (χ4n) is 3.04. The summed E-state index contributed by atoms with van der Waals surface area (Å²) in [5.41, 5.74) is -0.836. The van der Waals surface area contributed by atoms with Gasteiger partial charge in [-0.15, -0.1) is 0 Å². The summed E-state index contributed by atoms with van der Waals surface area (Å²) in [5, 5.41) is 10.7. The van der Waals surface area contributed by atoms with Crippen molar-refractivity contribution in [2.75, 3.05) is 6.61 Å². The fourth-order valence-corrected chi connectivity index (χ4v) is 3.04. The molecule has 3 atom stereocenters. The minimum Gasteiger partial charge on any atom is -0.465 e. The molecule has 0 aliphatic carbocycles. The second-order valence-electron chi connectivity index (χ2n) is 7.49. The first-order chi connectivity index (χ1) is 10.8. The number of aliphatic hydroxyl groups excluding tert-OH is 1. The molecule has 1 N–H and O–H groups in total. The van der Waals surface area contributed by atoms with E-state index >= 15 is 0 Å². The zero-order valence-electron chi connectivity index (χ0n) is 16.4. The number of esters is 1. The van der Waals surface area contributed by atoms with Crippen LogP contribution in [-0.4, -0.2) is 23.8 Å². The van der Waals surface area contributed by atoms with Gasteiger partial charge in [0.25, 0.3) is 0 Å². The van der Waals surface area contributed by atoms with Crippen LogP contribution < -0.4 is 0 Å². The van der Waals surface area contributed by atoms with Gasteiger partial charge in [-0.3, -0.25) is 4.79 Å². The molecule has 3 unspecified atom stereocenters. The molecule has 0 fully saturated rings.